The molecule has 12 heteroatoms. The number of anilines is 1. The quantitative estimate of drug-likeness (QED) is 0.433. The molecule has 10 nitrogen and oxygen atoms in total. The summed E-state index contributed by atoms with van der Waals surface area (Å²) in [5.74, 6) is 2.30. The fraction of sp³-hybridized carbons (Fsp3) is 0.556. The first kappa shape index (κ1) is 26.7. The highest BCUT2D eigenvalue weighted by molar-refractivity contribution is 7.98. The van der Waals surface area contributed by atoms with Gasteiger partial charge in [-0.2, -0.15) is 0 Å². The van der Waals surface area contributed by atoms with Gasteiger partial charge < -0.3 is 23.8 Å². The largest absolute Gasteiger partial charge is 0.495 e. The number of aromatic nitrogens is 3. The van der Waals surface area contributed by atoms with Crippen LogP contribution in [-0.2, 0) is 24.1 Å². The van der Waals surface area contributed by atoms with Gasteiger partial charge in [0.05, 0.1) is 26.4 Å². The first-order valence-corrected chi connectivity index (χ1v) is 16.0. The molecule has 0 aliphatic carbocycles. The van der Waals surface area contributed by atoms with Crippen LogP contribution in [0, 0.1) is 0 Å². The van der Waals surface area contributed by atoms with Gasteiger partial charge in [-0.3, -0.25) is 3.97 Å². The molecular formula is C27H34N4O6S2. The van der Waals surface area contributed by atoms with E-state index >= 15 is 0 Å². The summed E-state index contributed by atoms with van der Waals surface area (Å²) in [5.41, 5.74) is 2.17. The Morgan fingerprint density at radius 3 is 2.62 bits per heavy atom. The number of hydrogen-bond donors (Lipinski definition) is 0. The van der Waals surface area contributed by atoms with Gasteiger partial charge in [0.15, 0.2) is 27.2 Å². The molecule has 6 rings (SSSR count). The van der Waals surface area contributed by atoms with Gasteiger partial charge in [-0.25, -0.2) is 18.4 Å². The maximum absolute atomic E-state index is 13.5. The van der Waals surface area contributed by atoms with E-state index in [4.69, 9.17) is 28.9 Å². The number of morpholine rings is 1. The van der Waals surface area contributed by atoms with Gasteiger partial charge in [-0.15, -0.1) is 0 Å². The van der Waals surface area contributed by atoms with Crippen LogP contribution < -0.4 is 14.4 Å². The van der Waals surface area contributed by atoms with Crippen LogP contribution in [-0.4, -0.2) is 86.6 Å². The Bertz CT molecular complexity index is 1500. The van der Waals surface area contributed by atoms with E-state index in [1.807, 2.05) is 24.4 Å². The molecule has 0 bridgehead atoms. The van der Waals surface area contributed by atoms with Crippen molar-refractivity contribution in [1.82, 2.24) is 13.9 Å². The number of nitrogens with zero attached hydrogens (tertiary/aromatic N) is 4. The summed E-state index contributed by atoms with van der Waals surface area (Å²) in [6.45, 7) is 7.09. The lowest BCUT2D eigenvalue weighted by atomic mass is 9.93. The third-order valence-electron chi connectivity index (χ3n) is 7.77. The van der Waals surface area contributed by atoms with Crippen molar-refractivity contribution in [3.8, 4) is 22.9 Å². The molecule has 1 unspecified atom stereocenters. The minimum absolute atomic E-state index is 0.00475. The Morgan fingerprint density at radius 1 is 1.10 bits per heavy atom. The molecule has 0 N–H and O–H groups in total. The first-order valence-electron chi connectivity index (χ1n) is 13.3. The molecule has 0 radical (unpaired) electrons. The highest BCUT2D eigenvalue weighted by Gasteiger charge is 2.50. The molecule has 39 heavy (non-hydrogen) atoms. The minimum Gasteiger partial charge on any atom is -0.495 e. The third-order valence-corrected chi connectivity index (χ3v) is 10.7. The summed E-state index contributed by atoms with van der Waals surface area (Å²) >= 11 is 1.69. The van der Waals surface area contributed by atoms with Gasteiger partial charge in [0.25, 0.3) is 0 Å². The van der Waals surface area contributed by atoms with E-state index in [9.17, 15) is 8.42 Å². The van der Waals surface area contributed by atoms with Gasteiger partial charge in [-0.05, 0) is 43.0 Å². The van der Waals surface area contributed by atoms with Crippen LogP contribution in [0.15, 0.2) is 24.4 Å². The van der Waals surface area contributed by atoms with E-state index in [0.29, 0.717) is 80.8 Å². The van der Waals surface area contributed by atoms with Gasteiger partial charge in [0.1, 0.15) is 28.3 Å². The second-order valence-electron chi connectivity index (χ2n) is 10.5. The second kappa shape index (κ2) is 10.1. The normalized spacial score (nSPS) is 20.9. The predicted molar refractivity (Wildman–Crippen MR) is 152 cm³/mol. The Balaban J connectivity index is 1.62. The van der Waals surface area contributed by atoms with E-state index < -0.39 is 14.6 Å². The number of hydrogen-bond acceptors (Lipinski definition) is 10. The van der Waals surface area contributed by atoms with Crippen LogP contribution in [0.5, 0.6) is 11.5 Å². The zero-order valence-electron chi connectivity index (χ0n) is 22.7. The Labute approximate surface area is 233 Å². The van der Waals surface area contributed by atoms with Gasteiger partial charge >= 0.3 is 0 Å². The molecule has 2 saturated heterocycles. The summed E-state index contributed by atoms with van der Waals surface area (Å²) in [6.07, 6.45) is 3.94. The lowest BCUT2D eigenvalue weighted by Gasteiger charge is -2.43. The number of fused-ring (bicyclic) bond motifs is 4. The van der Waals surface area contributed by atoms with E-state index in [0.717, 1.165) is 22.2 Å². The summed E-state index contributed by atoms with van der Waals surface area (Å²) in [6, 6.07) is 5.92. The molecule has 3 aromatic rings. The molecule has 3 aliphatic rings. The molecule has 0 amide bonds. The average Bonchev–Trinajstić information content (AvgIpc) is 3.34. The Hall–Kier alpha value is -2.54. The van der Waals surface area contributed by atoms with E-state index in [-0.39, 0.29) is 6.04 Å². The smallest absolute Gasteiger partial charge is 0.185 e. The molecule has 5 heterocycles. The standard InChI is InChI=1S/C27H34N4O6S2/c1-17(2)38-31-10-7-19-20(5-6-21(34-3)22(19)31)25-28-24(27(39(4,32)33)8-12-35-13-9-27)23-26(29-25)30-11-14-36-15-18(30)16-37-23/h5-7,10,17-18H,8-9,11-16H2,1-4H3. The van der Waals surface area contributed by atoms with Crippen molar-refractivity contribution in [1.29, 1.82) is 0 Å². The van der Waals surface area contributed by atoms with Gasteiger partial charge in [-0.1, -0.05) is 13.8 Å². The minimum atomic E-state index is -3.59. The molecule has 3 aliphatic heterocycles. The summed E-state index contributed by atoms with van der Waals surface area (Å²) in [5, 5.41) is 1.29. The molecule has 0 saturated carbocycles. The van der Waals surface area contributed by atoms with E-state index in [1.165, 1.54) is 6.26 Å². The van der Waals surface area contributed by atoms with Crippen molar-refractivity contribution in [2.75, 3.05) is 57.8 Å². The number of ether oxygens (including phenoxy) is 4. The summed E-state index contributed by atoms with van der Waals surface area (Å²) in [4.78, 5) is 12.3. The lowest BCUT2D eigenvalue weighted by molar-refractivity contribution is 0.0640. The average molecular weight is 575 g/mol. The van der Waals surface area contributed by atoms with Gasteiger partial charge in [0.2, 0.25) is 0 Å². The Morgan fingerprint density at radius 2 is 1.90 bits per heavy atom. The van der Waals surface area contributed by atoms with Crippen LogP contribution in [0.25, 0.3) is 22.3 Å². The zero-order valence-corrected chi connectivity index (χ0v) is 24.3. The second-order valence-corrected chi connectivity index (χ2v) is 14.4. The summed E-state index contributed by atoms with van der Waals surface area (Å²) < 4.78 is 51.2. The van der Waals surface area contributed by atoms with Crippen LogP contribution in [0.2, 0.25) is 0 Å². The highest BCUT2D eigenvalue weighted by Crippen LogP contribution is 2.49. The first-order chi connectivity index (χ1) is 18.7. The van der Waals surface area contributed by atoms with E-state index in [2.05, 4.69) is 22.7 Å². The Kier molecular flexibility index (Phi) is 6.93. The van der Waals surface area contributed by atoms with E-state index in [1.54, 1.807) is 19.1 Å². The predicted octanol–water partition coefficient (Wildman–Crippen LogP) is 3.66. The van der Waals surface area contributed by atoms with Crippen LogP contribution in [0.3, 0.4) is 0 Å². The fourth-order valence-corrected chi connectivity index (χ4v) is 8.08. The SMILES string of the molecule is COc1ccc(-c2nc3c(c(C4(S(C)(=O)=O)CCOCC4)n2)OCC2COCCN32)c2ccn(SC(C)C)c12. The van der Waals surface area contributed by atoms with Crippen molar-refractivity contribution in [3.63, 3.8) is 0 Å². The van der Waals surface area contributed by atoms with Crippen molar-refractivity contribution < 1.29 is 27.4 Å². The summed E-state index contributed by atoms with van der Waals surface area (Å²) in [7, 11) is -1.92. The number of benzene rings is 1. The number of sulfone groups is 1. The maximum atomic E-state index is 13.5. The number of methoxy groups -OCH3 is 1. The number of rotatable bonds is 6. The monoisotopic (exact) mass is 574 g/mol. The van der Waals surface area contributed by atoms with Crippen molar-refractivity contribution in [3.05, 3.63) is 30.1 Å². The van der Waals surface area contributed by atoms with Crippen molar-refractivity contribution in [2.24, 2.45) is 0 Å². The molecule has 1 aromatic carbocycles. The van der Waals surface area contributed by atoms with Crippen molar-refractivity contribution >= 4 is 38.5 Å². The third kappa shape index (κ3) is 4.45. The van der Waals surface area contributed by atoms with Crippen molar-refractivity contribution in [2.45, 2.75) is 42.7 Å². The van der Waals surface area contributed by atoms with Crippen LogP contribution in [0.1, 0.15) is 32.4 Å². The molecule has 2 fully saturated rings. The fourth-order valence-electron chi connectivity index (χ4n) is 5.81. The molecular weight excluding hydrogens is 540 g/mol. The van der Waals surface area contributed by atoms with Crippen LogP contribution >= 0.6 is 11.9 Å². The highest BCUT2D eigenvalue weighted by atomic mass is 32.2. The molecule has 1 atom stereocenters. The van der Waals surface area contributed by atoms with Gasteiger partial charge in [0, 0.05) is 48.4 Å². The molecule has 0 spiro atoms. The molecule has 2 aromatic heterocycles. The topological polar surface area (TPSA) is 105 Å². The zero-order chi connectivity index (χ0) is 27.4. The molecule has 210 valence electrons. The van der Waals surface area contributed by atoms with Crippen LogP contribution in [0.4, 0.5) is 5.82 Å². The lowest BCUT2D eigenvalue weighted by Crippen LogP contribution is -2.52. The maximum Gasteiger partial charge on any atom is 0.185 e.